The van der Waals surface area contributed by atoms with Crippen molar-refractivity contribution < 1.29 is 4.39 Å². The molecular formula is C13H10FN3. The van der Waals surface area contributed by atoms with Crippen LogP contribution in [0.1, 0.15) is 17.0 Å². The van der Waals surface area contributed by atoms with Gasteiger partial charge in [0.15, 0.2) is 5.82 Å². The lowest BCUT2D eigenvalue weighted by molar-refractivity contribution is 0.630. The van der Waals surface area contributed by atoms with Gasteiger partial charge in [0.25, 0.3) is 0 Å². The number of hydrogen-bond acceptors (Lipinski definition) is 3. The van der Waals surface area contributed by atoms with Crippen molar-refractivity contribution in [1.82, 2.24) is 9.97 Å². The molecule has 0 saturated carbocycles. The van der Waals surface area contributed by atoms with Gasteiger partial charge in [-0.1, -0.05) is 12.1 Å². The zero-order valence-corrected chi connectivity index (χ0v) is 9.53. The maximum absolute atomic E-state index is 13.6. The van der Waals surface area contributed by atoms with E-state index in [0.29, 0.717) is 11.3 Å². The second-order valence-electron chi connectivity index (χ2n) is 3.70. The second-order valence-corrected chi connectivity index (χ2v) is 3.70. The van der Waals surface area contributed by atoms with Crippen LogP contribution in [0, 0.1) is 31.0 Å². The van der Waals surface area contributed by atoms with Crippen LogP contribution in [0.3, 0.4) is 0 Å². The van der Waals surface area contributed by atoms with Gasteiger partial charge in [0.2, 0.25) is 0 Å². The number of aryl methyl sites for hydroxylation is 1. The van der Waals surface area contributed by atoms with Crippen molar-refractivity contribution in [1.29, 1.82) is 5.26 Å². The summed E-state index contributed by atoms with van der Waals surface area (Å²) >= 11 is 0. The first-order valence-electron chi connectivity index (χ1n) is 5.13. The van der Waals surface area contributed by atoms with E-state index in [0.717, 1.165) is 5.56 Å². The molecule has 0 spiro atoms. The monoisotopic (exact) mass is 227 g/mol. The van der Waals surface area contributed by atoms with Crippen LogP contribution in [0.2, 0.25) is 0 Å². The maximum atomic E-state index is 13.6. The third kappa shape index (κ3) is 2.00. The smallest absolute Gasteiger partial charge is 0.163 e. The van der Waals surface area contributed by atoms with E-state index in [1.807, 2.05) is 6.07 Å². The van der Waals surface area contributed by atoms with Crippen LogP contribution in [-0.4, -0.2) is 9.97 Å². The Balaban J connectivity index is 2.67. The number of rotatable bonds is 1. The molecule has 0 amide bonds. The molecule has 1 aromatic carbocycles. The molecule has 84 valence electrons. The van der Waals surface area contributed by atoms with Gasteiger partial charge in [0, 0.05) is 11.3 Å². The minimum Gasteiger partial charge on any atom is -0.233 e. The van der Waals surface area contributed by atoms with Crippen LogP contribution in [0.5, 0.6) is 0 Å². The molecule has 0 unspecified atom stereocenters. The quantitative estimate of drug-likeness (QED) is 0.752. The van der Waals surface area contributed by atoms with Crippen LogP contribution >= 0.6 is 0 Å². The summed E-state index contributed by atoms with van der Waals surface area (Å²) in [5.41, 5.74) is 2.02. The number of hydrogen-bond donors (Lipinski definition) is 0. The van der Waals surface area contributed by atoms with Crippen molar-refractivity contribution >= 4 is 0 Å². The molecule has 0 bridgehead atoms. The molecule has 4 heteroatoms. The summed E-state index contributed by atoms with van der Waals surface area (Å²) in [7, 11) is 0. The molecule has 0 fully saturated rings. The Morgan fingerprint density at radius 2 is 1.88 bits per heavy atom. The van der Waals surface area contributed by atoms with Crippen LogP contribution in [0.4, 0.5) is 4.39 Å². The van der Waals surface area contributed by atoms with Crippen molar-refractivity contribution in [2.75, 3.05) is 0 Å². The zero-order valence-electron chi connectivity index (χ0n) is 9.53. The summed E-state index contributed by atoms with van der Waals surface area (Å²) < 4.78 is 13.6. The molecule has 0 aliphatic carbocycles. The highest BCUT2D eigenvalue weighted by molar-refractivity contribution is 5.57. The largest absolute Gasteiger partial charge is 0.233 e. The number of nitrogens with zero attached hydrogens (tertiary/aromatic N) is 3. The fourth-order valence-electron chi connectivity index (χ4n) is 1.50. The Labute approximate surface area is 98.6 Å². The standard InChI is InChI=1S/C13H10FN3/c1-8-9(2)16-13(17-12(8)7-15)10-5-3-4-6-11(10)14/h3-6H,1-2H3. The van der Waals surface area contributed by atoms with E-state index in [1.54, 1.807) is 32.0 Å². The molecule has 3 nitrogen and oxygen atoms in total. The maximum Gasteiger partial charge on any atom is 0.163 e. The van der Waals surface area contributed by atoms with Crippen molar-refractivity contribution in [3.63, 3.8) is 0 Å². The Hall–Kier alpha value is -2.28. The zero-order chi connectivity index (χ0) is 12.4. The van der Waals surface area contributed by atoms with Crippen LogP contribution in [0.25, 0.3) is 11.4 Å². The Kier molecular flexibility index (Phi) is 2.84. The van der Waals surface area contributed by atoms with Gasteiger partial charge in [-0.15, -0.1) is 0 Å². The summed E-state index contributed by atoms with van der Waals surface area (Å²) in [5.74, 6) is -0.137. The molecule has 0 N–H and O–H groups in total. The van der Waals surface area contributed by atoms with Gasteiger partial charge in [0.1, 0.15) is 17.6 Å². The summed E-state index contributed by atoms with van der Waals surface area (Å²) in [6.07, 6.45) is 0. The summed E-state index contributed by atoms with van der Waals surface area (Å²) in [4.78, 5) is 8.28. The van der Waals surface area contributed by atoms with Crippen molar-refractivity contribution in [3.8, 4) is 17.5 Å². The van der Waals surface area contributed by atoms with Crippen LogP contribution < -0.4 is 0 Å². The van der Waals surface area contributed by atoms with E-state index < -0.39 is 0 Å². The molecule has 0 radical (unpaired) electrons. The highest BCUT2D eigenvalue weighted by Crippen LogP contribution is 2.20. The van der Waals surface area contributed by atoms with E-state index >= 15 is 0 Å². The molecule has 0 saturated heterocycles. The lowest BCUT2D eigenvalue weighted by Gasteiger charge is -2.06. The third-order valence-electron chi connectivity index (χ3n) is 2.61. The van der Waals surface area contributed by atoms with Gasteiger partial charge >= 0.3 is 0 Å². The average Bonchev–Trinajstić information content (AvgIpc) is 2.33. The SMILES string of the molecule is Cc1nc(-c2ccccc2F)nc(C#N)c1C. The van der Waals surface area contributed by atoms with E-state index in [4.69, 9.17) is 5.26 Å². The lowest BCUT2D eigenvalue weighted by atomic mass is 10.1. The average molecular weight is 227 g/mol. The van der Waals surface area contributed by atoms with Crippen molar-refractivity contribution in [2.24, 2.45) is 0 Å². The predicted octanol–water partition coefficient (Wildman–Crippen LogP) is 2.77. The highest BCUT2D eigenvalue weighted by Gasteiger charge is 2.11. The summed E-state index contributed by atoms with van der Waals surface area (Å²) in [5, 5.41) is 8.95. The molecule has 0 atom stereocenters. The molecule has 1 heterocycles. The molecular weight excluding hydrogens is 217 g/mol. The Bertz CT molecular complexity index is 615. The van der Waals surface area contributed by atoms with E-state index in [1.165, 1.54) is 6.07 Å². The molecule has 0 aliphatic heterocycles. The van der Waals surface area contributed by atoms with Gasteiger partial charge in [-0.05, 0) is 26.0 Å². The van der Waals surface area contributed by atoms with Crippen molar-refractivity contribution in [2.45, 2.75) is 13.8 Å². The number of halogens is 1. The highest BCUT2D eigenvalue weighted by atomic mass is 19.1. The number of aromatic nitrogens is 2. The fraction of sp³-hybridized carbons (Fsp3) is 0.154. The van der Waals surface area contributed by atoms with E-state index in [-0.39, 0.29) is 17.3 Å². The van der Waals surface area contributed by atoms with E-state index in [9.17, 15) is 4.39 Å². The van der Waals surface area contributed by atoms with Gasteiger partial charge in [-0.25, -0.2) is 14.4 Å². The topological polar surface area (TPSA) is 49.6 Å². The van der Waals surface area contributed by atoms with Gasteiger partial charge < -0.3 is 0 Å². The first-order valence-corrected chi connectivity index (χ1v) is 5.13. The van der Waals surface area contributed by atoms with Gasteiger partial charge in [0.05, 0.1) is 5.56 Å². The first-order chi connectivity index (χ1) is 8.13. The predicted molar refractivity (Wildman–Crippen MR) is 61.6 cm³/mol. The molecule has 2 aromatic rings. The molecule has 1 aromatic heterocycles. The fourth-order valence-corrected chi connectivity index (χ4v) is 1.50. The Morgan fingerprint density at radius 1 is 1.18 bits per heavy atom. The van der Waals surface area contributed by atoms with E-state index in [2.05, 4.69) is 9.97 Å². The van der Waals surface area contributed by atoms with Gasteiger partial charge in [-0.2, -0.15) is 5.26 Å². The summed E-state index contributed by atoms with van der Waals surface area (Å²) in [6, 6.07) is 8.25. The molecule has 2 rings (SSSR count). The first kappa shape index (κ1) is 11.2. The normalized spacial score (nSPS) is 10.0. The minimum atomic E-state index is -0.389. The number of benzene rings is 1. The number of nitriles is 1. The molecule has 0 aliphatic rings. The minimum absolute atomic E-state index is 0.253. The molecule has 17 heavy (non-hydrogen) atoms. The van der Waals surface area contributed by atoms with Crippen molar-refractivity contribution in [3.05, 3.63) is 47.0 Å². The van der Waals surface area contributed by atoms with Gasteiger partial charge in [-0.3, -0.25) is 0 Å². The van der Waals surface area contributed by atoms with Crippen LogP contribution in [0.15, 0.2) is 24.3 Å². The Morgan fingerprint density at radius 3 is 2.53 bits per heavy atom. The van der Waals surface area contributed by atoms with Crippen LogP contribution in [-0.2, 0) is 0 Å². The second kappa shape index (κ2) is 4.30. The third-order valence-corrected chi connectivity index (χ3v) is 2.61. The lowest BCUT2D eigenvalue weighted by Crippen LogP contribution is -2.00. The summed E-state index contributed by atoms with van der Waals surface area (Å²) in [6.45, 7) is 3.56.